The third kappa shape index (κ3) is 6.22. The van der Waals surface area contributed by atoms with Gasteiger partial charge in [-0.15, -0.1) is 0 Å². The molecule has 2 N–H and O–H groups in total. The van der Waals surface area contributed by atoms with Crippen LogP contribution in [0, 0.1) is 0 Å². The zero-order valence-corrected chi connectivity index (χ0v) is 13.4. The zero-order valence-electron chi connectivity index (χ0n) is 13.4. The van der Waals surface area contributed by atoms with Crippen molar-refractivity contribution in [2.24, 2.45) is 0 Å². The fraction of sp³-hybridized carbons (Fsp3) is 0.875. The average molecular weight is 311 g/mol. The van der Waals surface area contributed by atoms with Crippen LogP contribution < -0.4 is 10.6 Å². The molecule has 1 saturated carbocycles. The third-order valence-corrected chi connectivity index (χ3v) is 4.37. The van der Waals surface area contributed by atoms with Crippen molar-refractivity contribution in [3.8, 4) is 0 Å². The second-order valence-electron chi connectivity index (χ2n) is 6.24. The molecule has 2 fully saturated rings. The first-order valence-corrected chi connectivity index (χ1v) is 8.67. The molecule has 1 aliphatic carbocycles. The fourth-order valence-electron chi connectivity index (χ4n) is 3.10. The Hall–Kier alpha value is -1.30. The standard InChI is InChI=1S/C16H29N3O3/c20-15(18-14-7-4-2-1-3-5-8-14)13-17-9-11-19-10-6-12-22-16(19)21/h14,17H,1-13H2,(H,18,20). The Morgan fingerprint density at radius 3 is 2.59 bits per heavy atom. The molecule has 0 aromatic heterocycles. The van der Waals surface area contributed by atoms with Gasteiger partial charge in [-0.3, -0.25) is 4.79 Å². The average Bonchev–Trinajstić information content (AvgIpc) is 2.48. The van der Waals surface area contributed by atoms with Gasteiger partial charge in [0.25, 0.3) is 0 Å². The zero-order chi connectivity index (χ0) is 15.6. The van der Waals surface area contributed by atoms with Crippen molar-refractivity contribution in [2.75, 3.05) is 32.8 Å². The van der Waals surface area contributed by atoms with Gasteiger partial charge in [0.2, 0.25) is 5.91 Å². The highest BCUT2D eigenvalue weighted by Crippen LogP contribution is 2.16. The summed E-state index contributed by atoms with van der Waals surface area (Å²) in [5, 5.41) is 6.24. The van der Waals surface area contributed by atoms with Crippen molar-refractivity contribution in [2.45, 2.75) is 57.4 Å². The maximum atomic E-state index is 11.9. The van der Waals surface area contributed by atoms with Gasteiger partial charge >= 0.3 is 6.09 Å². The Morgan fingerprint density at radius 1 is 1.14 bits per heavy atom. The predicted molar refractivity (Wildman–Crippen MR) is 84.7 cm³/mol. The van der Waals surface area contributed by atoms with Gasteiger partial charge in [-0.25, -0.2) is 4.79 Å². The minimum absolute atomic E-state index is 0.0618. The van der Waals surface area contributed by atoms with Crippen LogP contribution in [0.3, 0.4) is 0 Å². The fourth-order valence-corrected chi connectivity index (χ4v) is 3.10. The van der Waals surface area contributed by atoms with Crippen molar-refractivity contribution >= 4 is 12.0 Å². The molecule has 1 saturated heterocycles. The molecule has 0 radical (unpaired) electrons. The number of cyclic esters (lactones) is 1. The van der Waals surface area contributed by atoms with Crippen molar-refractivity contribution in [1.29, 1.82) is 0 Å². The summed E-state index contributed by atoms with van der Waals surface area (Å²) in [6.07, 6.45) is 9.19. The first-order valence-electron chi connectivity index (χ1n) is 8.67. The van der Waals surface area contributed by atoms with E-state index in [1.54, 1.807) is 4.90 Å². The maximum Gasteiger partial charge on any atom is 0.409 e. The summed E-state index contributed by atoms with van der Waals surface area (Å²) in [4.78, 5) is 25.1. The Balaban J connectivity index is 1.55. The number of amides is 2. The Morgan fingerprint density at radius 2 is 1.86 bits per heavy atom. The summed E-state index contributed by atoms with van der Waals surface area (Å²) in [7, 11) is 0. The minimum atomic E-state index is -0.243. The quantitative estimate of drug-likeness (QED) is 0.732. The lowest BCUT2D eigenvalue weighted by Crippen LogP contribution is -2.44. The van der Waals surface area contributed by atoms with Crippen molar-refractivity contribution in [3.05, 3.63) is 0 Å². The van der Waals surface area contributed by atoms with E-state index in [1.165, 1.54) is 32.1 Å². The van der Waals surface area contributed by atoms with Crippen LogP contribution >= 0.6 is 0 Å². The van der Waals surface area contributed by atoms with Crippen molar-refractivity contribution in [3.63, 3.8) is 0 Å². The Bertz CT molecular complexity index is 355. The molecule has 22 heavy (non-hydrogen) atoms. The molecule has 6 nitrogen and oxygen atoms in total. The van der Waals surface area contributed by atoms with Gasteiger partial charge in [0.1, 0.15) is 0 Å². The maximum absolute atomic E-state index is 11.9. The van der Waals surface area contributed by atoms with Crippen LogP contribution in [0.25, 0.3) is 0 Å². The Labute approximate surface area is 132 Å². The summed E-state index contributed by atoms with van der Waals surface area (Å²) < 4.78 is 4.97. The largest absolute Gasteiger partial charge is 0.449 e. The smallest absolute Gasteiger partial charge is 0.409 e. The highest BCUT2D eigenvalue weighted by Gasteiger charge is 2.19. The van der Waals surface area contributed by atoms with E-state index in [9.17, 15) is 9.59 Å². The predicted octanol–water partition coefficient (Wildman–Crippen LogP) is 1.65. The number of carbonyl (C=O) groups is 2. The highest BCUT2D eigenvalue weighted by atomic mass is 16.6. The van der Waals surface area contributed by atoms with Crippen LogP contribution in [0.5, 0.6) is 0 Å². The van der Waals surface area contributed by atoms with Gasteiger partial charge < -0.3 is 20.3 Å². The molecule has 2 amide bonds. The number of ether oxygens (including phenoxy) is 1. The molecule has 0 atom stereocenters. The summed E-state index contributed by atoms with van der Waals surface area (Å²) in [6.45, 7) is 2.80. The number of nitrogens with zero attached hydrogens (tertiary/aromatic N) is 1. The van der Waals surface area contributed by atoms with Gasteiger partial charge in [-0.05, 0) is 19.3 Å². The topological polar surface area (TPSA) is 70.7 Å². The normalized spacial score (nSPS) is 20.9. The van der Waals surface area contributed by atoms with Gasteiger partial charge in [0.15, 0.2) is 0 Å². The van der Waals surface area contributed by atoms with E-state index >= 15 is 0 Å². The van der Waals surface area contributed by atoms with Gasteiger partial charge in [0.05, 0.1) is 13.2 Å². The van der Waals surface area contributed by atoms with Crippen molar-refractivity contribution in [1.82, 2.24) is 15.5 Å². The van der Waals surface area contributed by atoms with Gasteiger partial charge in [-0.2, -0.15) is 0 Å². The number of rotatable bonds is 6. The molecule has 1 heterocycles. The number of nitrogens with one attached hydrogen (secondary N) is 2. The highest BCUT2D eigenvalue weighted by molar-refractivity contribution is 5.78. The van der Waals surface area contributed by atoms with E-state index in [-0.39, 0.29) is 12.0 Å². The lowest BCUT2D eigenvalue weighted by atomic mass is 9.97. The molecule has 6 heteroatoms. The molecule has 0 aromatic carbocycles. The number of hydrogen-bond acceptors (Lipinski definition) is 4. The lowest BCUT2D eigenvalue weighted by Gasteiger charge is -2.26. The molecule has 2 aliphatic rings. The molecule has 0 spiro atoms. The van der Waals surface area contributed by atoms with Crippen LogP contribution in [-0.4, -0.2) is 55.7 Å². The molecule has 0 unspecified atom stereocenters. The van der Waals surface area contributed by atoms with E-state index in [1.807, 2.05) is 0 Å². The summed E-state index contributed by atoms with van der Waals surface area (Å²) >= 11 is 0. The third-order valence-electron chi connectivity index (χ3n) is 4.37. The van der Waals surface area contributed by atoms with Crippen LogP contribution in [0.2, 0.25) is 0 Å². The van der Waals surface area contributed by atoms with Crippen LogP contribution in [0.1, 0.15) is 51.4 Å². The Kier molecular flexibility index (Phi) is 7.49. The second kappa shape index (κ2) is 9.66. The summed E-state index contributed by atoms with van der Waals surface area (Å²) in [5.74, 6) is 0.0618. The van der Waals surface area contributed by atoms with E-state index < -0.39 is 0 Å². The summed E-state index contributed by atoms with van der Waals surface area (Å²) in [6, 6.07) is 0.340. The van der Waals surface area contributed by atoms with E-state index in [0.717, 1.165) is 25.8 Å². The van der Waals surface area contributed by atoms with E-state index in [2.05, 4.69) is 10.6 Å². The molecule has 126 valence electrons. The first-order chi connectivity index (χ1) is 10.8. The van der Waals surface area contributed by atoms with E-state index in [4.69, 9.17) is 4.74 Å². The van der Waals surface area contributed by atoms with Crippen molar-refractivity contribution < 1.29 is 14.3 Å². The van der Waals surface area contributed by atoms with Gasteiger partial charge in [0, 0.05) is 25.7 Å². The second-order valence-corrected chi connectivity index (χ2v) is 6.24. The van der Waals surface area contributed by atoms with Crippen LogP contribution in [0.15, 0.2) is 0 Å². The number of hydrogen-bond donors (Lipinski definition) is 2. The molecular weight excluding hydrogens is 282 g/mol. The van der Waals surface area contributed by atoms with Crippen LogP contribution in [0.4, 0.5) is 4.79 Å². The molecule has 0 bridgehead atoms. The molecular formula is C16H29N3O3. The minimum Gasteiger partial charge on any atom is -0.449 e. The first kappa shape index (κ1) is 17.1. The lowest BCUT2D eigenvalue weighted by molar-refractivity contribution is -0.121. The molecule has 2 rings (SSSR count). The van der Waals surface area contributed by atoms with Crippen LogP contribution in [-0.2, 0) is 9.53 Å². The SMILES string of the molecule is O=C(CNCCN1CCCOC1=O)NC1CCCCCCC1. The number of carbonyl (C=O) groups excluding carboxylic acids is 2. The molecule has 1 aliphatic heterocycles. The van der Waals surface area contributed by atoms with E-state index in [0.29, 0.717) is 32.3 Å². The molecule has 0 aromatic rings. The summed E-state index contributed by atoms with van der Waals surface area (Å²) in [5.41, 5.74) is 0. The monoisotopic (exact) mass is 311 g/mol. The van der Waals surface area contributed by atoms with Gasteiger partial charge in [-0.1, -0.05) is 32.1 Å².